The van der Waals surface area contributed by atoms with Crippen molar-refractivity contribution in [2.45, 2.75) is 32.2 Å². The second kappa shape index (κ2) is 12.0. The van der Waals surface area contributed by atoms with Crippen molar-refractivity contribution in [3.63, 3.8) is 0 Å². The fourth-order valence-corrected chi connectivity index (χ4v) is 4.49. The molecule has 173 valence electrons. The molecular formula is C25H25BrClN2O4. The highest BCUT2D eigenvalue weighted by Crippen LogP contribution is 2.36. The molecule has 1 aliphatic heterocycles. The SMILES string of the molecule is CC(=O)OC[C@@H]1CCC(=O)N1CCCNC(=O)/C=C/c1cc[c]c(Cl)c1-c1ccccc1Br. The van der Waals surface area contributed by atoms with Gasteiger partial charge in [0.25, 0.3) is 0 Å². The Kier molecular flexibility index (Phi) is 9.09. The van der Waals surface area contributed by atoms with Gasteiger partial charge in [0.15, 0.2) is 0 Å². The zero-order chi connectivity index (χ0) is 23.8. The lowest BCUT2D eigenvalue weighted by Gasteiger charge is -2.24. The Labute approximate surface area is 207 Å². The predicted octanol–water partition coefficient (Wildman–Crippen LogP) is 4.64. The van der Waals surface area contributed by atoms with Crippen LogP contribution in [0.4, 0.5) is 0 Å². The third kappa shape index (κ3) is 6.92. The van der Waals surface area contributed by atoms with Gasteiger partial charge in [0.1, 0.15) is 6.61 Å². The van der Waals surface area contributed by atoms with E-state index in [-0.39, 0.29) is 30.4 Å². The summed E-state index contributed by atoms with van der Waals surface area (Å²) < 4.78 is 5.95. The fraction of sp³-hybridized carbons (Fsp3) is 0.320. The molecule has 1 fully saturated rings. The summed E-state index contributed by atoms with van der Waals surface area (Å²) in [7, 11) is 0. The summed E-state index contributed by atoms with van der Waals surface area (Å²) in [5, 5.41) is 3.32. The minimum Gasteiger partial charge on any atom is -0.464 e. The molecule has 1 radical (unpaired) electrons. The lowest BCUT2D eigenvalue weighted by Crippen LogP contribution is -2.38. The molecule has 8 heteroatoms. The van der Waals surface area contributed by atoms with Gasteiger partial charge in [-0.1, -0.05) is 57.9 Å². The number of rotatable bonds is 9. The Balaban J connectivity index is 1.54. The van der Waals surface area contributed by atoms with Gasteiger partial charge < -0.3 is 15.0 Å². The number of nitrogens with one attached hydrogen (secondary N) is 1. The molecular weight excluding hydrogens is 508 g/mol. The van der Waals surface area contributed by atoms with Crippen molar-refractivity contribution in [2.75, 3.05) is 19.7 Å². The number of benzene rings is 2. The highest BCUT2D eigenvalue weighted by atomic mass is 79.9. The molecule has 0 aliphatic carbocycles. The van der Waals surface area contributed by atoms with Gasteiger partial charge in [-0.25, -0.2) is 0 Å². The van der Waals surface area contributed by atoms with Gasteiger partial charge >= 0.3 is 5.97 Å². The number of carbonyl (C=O) groups is 3. The second-order valence-electron chi connectivity index (χ2n) is 7.66. The minimum atomic E-state index is -0.353. The van der Waals surface area contributed by atoms with E-state index in [1.807, 2.05) is 30.3 Å². The number of esters is 1. The number of ether oxygens (including phenoxy) is 1. The number of carbonyl (C=O) groups excluding carboxylic acids is 3. The summed E-state index contributed by atoms with van der Waals surface area (Å²) in [6.45, 7) is 2.50. The Morgan fingerprint density at radius 2 is 2.12 bits per heavy atom. The molecule has 0 unspecified atom stereocenters. The average molecular weight is 533 g/mol. The minimum absolute atomic E-state index is 0.0516. The molecule has 0 saturated carbocycles. The van der Waals surface area contributed by atoms with E-state index in [9.17, 15) is 14.4 Å². The molecule has 1 saturated heterocycles. The standard InChI is InChI=1S/C25H25BrClN2O4/c1-17(30)33-16-19-11-13-24(32)29(19)15-5-14-28-23(31)12-10-18-6-4-9-22(27)25(18)20-7-2-3-8-21(20)26/h2-4,6-8,10,12,19H,5,11,13-16H2,1H3,(H,28,31)/b12-10+/t19-/m0/s1. The van der Waals surface area contributed by atoms with E-state index < -0.39 is 0 Å². The molecule has 1 atom stereocenters. The van der Waals surface area contributed by atoms with Crippen molar-refractivity contribution in [1.29, 1.82) is 0 Å². The van der Waals surface area contributed by atoms with Gasteiger partial charge in [0, 0.05) is 48.6 Å². The van der Waals surface area contributed by atoms with Crippen LogP contribution in [0.1, 0.15) is 31.7 Å². The second-order valence-corrected chi connectivity index (χ2v) is 8.89. The van der Waals surface area contributed by atoms with E-state index in [2.05, 4.69) is 27.3 Å². The molecule has 1 N–H and O–H groups in total. The first kappa shape index (κ1) is 25.0. The van der Waals surface area contributed by atoms with Crippen molar-refractivity contribution >= 4 is 51.4 Å². The van der Waals surface area contributed by atoms with Crippen molar-refractivity contribution < 1.29 is 19.1 Å². The van der Waals surface area contributed by atoms with Crippen LogP contribution in [-0.4, -0.2) is 48.4 Å². The Hall–Kier alpha value is -2.64. The van der Waals surface area contributed by atoms with Crippen LogP contribution >= 0.6 is 27.5 Å². The third-order valence-electron chi connectivity index (χ3n) is 5.35. The topological polar surface area (TPSA) is 75.7 Å². The zero-order valence-electron chi connectivity index (χ0n) is 18.3. The van der Waals surface area contributed by atoms with Crippen LogP contribution in [0.5, 0.6) is 0 Å². The molecule has 1 heterocycles. The van der Waals surface area contributed by atoms with Crippen molar-refractivity contribution in [2.24, 2.45) is 0 Å². The van der Waals surface area contributed by atoms with Crippen LogP contribution in [0.3, 0.4) is 0 Å². The third-order valence-corrected chi connectivity index (χ3v) is 6.33. The monoisotopic (exact) mass is 531 g/mol. The van der Waals surface area contributed by atoms with Crippen LogP contribution in [-0.2, 0) is 19.1 Å². The highest BCUT2D eigenvalue weighted by molar-refractivity contribution is 9.10. The van der Waals surface area contributed by atoms with Crippen molar-refractivity contribution in [3.05, 3.63) is 63.6 Å². The molecule has 33 heavy (non-hydrogen) atoms. The molecule has 3 rings (SSSR count). The summed E-state index contributed by atoms with van der Waals surface area (Å²) in [4.78, 5) is 37.2. The number of nitrogens with zero attached hydrogens (tertiary/aromatic N) is 1. The van der Waals surface area contributed by atoms with Crippen molar-refractivity contribution in [1.82, 2.24) is 10.2 Å². The molecule has 1 aliphatic rings. The summed E-state index contributed by atoms with van der Waals surface area (Å²) in [6, 6.07) is 14.2. The molecule has 2 amide bonds. The number of hydrogen-bond donors (Lipinski definition) is 1. The molecule has 0 spiro atoms. The summed E-state index contributed by atoms with van der Waals surface area (Å²) in [6.07, 6.45) is 4.94. The first-order chi connectivity index (χ1) is 15.9. The van der Waals surface area contributed by atoms with Crippen LogP contribution in [0.25, 0.3) is 17.2 Å². The van der Waals surface area contributed by atoms with Gasteiger partial charge in [0.05, 0.1) is 11.1 Å². The lowest BCUT2D eigenvalue weighted by atomic mass is 9.99. The number of amides is 2. The van der Waals surface area contributed by atoms with Crippen molar-refractivity contribution in [3.8, 4) is 11.1 Å². The average Bonchev–Trinajstić information content (AvgIpc) is 3.14. The van der Waals surface area contributed by atoms with E-state index >= 15 is 0 Å². The van der Waals surface area contributed by atoms with E-state index in [0.29, 0.717) is 37.4 Å². The normalized spacial score (nSPS) is 15.8. The van der Waals surface area contributed by atoms with E-state index in [4.69, 9.17) is 16.3 Å². The number of hydrogen-bond acceptors (Lipinski definition) is 4. The number of likely N-dealkylation sites (tertiary alicyclic amines) is 1. The summed E-state index contributed by atoms with van der Waals surface area (Å²) in [5.41, 5.74) is 2.51. The maximum absolute atomic E-state index is 12.3. The van der Waals surface area contributed by atoms with Crippen LogP contribution in [0.15, 0.2) is 46.9 Å². The van der Waals surface area contributed by atoms with Gasteiger partial charge in [-0.2, -0.15) is 0 Å². The van der Waals surface area contributed by atoms with E-state index in [1.54, 1.807) is 17.0 Å². The maximum Gasteiger partial charge on any atom is 0.302 e. The van der Waals surface area contributed by atoms with Crippen LogP contribution in [0, 0.1) is 6.07 Å². The quantitative estimate of drug-likeness (QED) is 0.290. The molecule has 2 aromatic carbocycles. The Morgan fingerprint density at radius 1 is 1.33 bits per heavy atom. The first-order valence-electron chi connectivity index (χ1n) is 10.7. The zero-order valence-corrected chi connectivity index (χ0v) is 20.6. The summed E-state index contributed by atoms with van der Waals surface area (Å²) >= 11 is 9.96. The molecule has 0 aromatic heterocycles. The Morgan fingerprint density at radius 3 is 2.88 bits per heavy atom. The van der Waals surface area contributed by atoms with Crippen LogP contribution in [0.2, 0.25) is 5.02 Å². The van der Waals surface area contributed by atoms with Gasteiger partial charge in [-0.05, 0) is 36.1 Å². The largest absolute Gasteiger partial charge is 0.464 e. The van der Waals surface area contributed by atoms with E-state index in [0.717, 1.165) is 21.2 Å². The van der Waals surface area contributed by atoms with Crippen LogP contribution < -0.4 is 5.32 Å². The summed E-state index contributed by atoms with van der Waals surface area (Å²) in [5.74, 6) is -0.536. The highest BCUT2D eigenvalue weighted by Gasteiger charge is 2.31. The fourth-order valence-electron chi connectivity index (χ4n) is 3.74. The predicted molar refractivity (Wildman–Crippen MR) is 131 cm³/mol. The van der Waals surface area contributed by atoms with Gasteiger partial charge in [-0.15, -0.1) is 0 Å². The molecule has 0 bridgehead atoms. The lowest BCUT2D eigenvalue weighted by molar-refractivity contribution is -0.144. The van der Waals surface area contributed by atoms with Gasteiger partial charge in [-0.3, -0.25) is 14.4 Å². The Bertz CT molecular complexity index is 1060. The van der Waals surface area contributed by atoms with E-state index in [1.165, 1.54) is 13.0 Å². The number of halogens is 2. The molecule has 2 aromatic rings. The maximum atomic E-state index is 12.3. The van der Waals surface area contributed by atoms with Gasteiger partial charge in [0.2, 0.25) is 11.8 Å². The smallest absolute Gasteiger partial charge is 0.302 e. The molecule has 6 nitrogen and oxygen atoms in total. The first-order valence-corrected chi connectivity index (χ1v) is 11.9.